The number of carbonyl (C=O) groups excluding carboxylic acids is 2. The Balaban J connectivity index is 1.52. The molecule has 3 rings (SSSR count). The fourth-order valence-electron chi connectivity index (χ4n) is 4.21. The molecule has 5 nitrogen and oxygen atoms in total. The Labute approximate surface area is 186 Å². The van der Waals surface area contributed by atoms with Gasteiger partial charge in [0.05, 0.1) is 6.04 Å². The largest absolute Gasteiger partial charge is 0.349 e. The highest BCUT2D eigenvalue weighted by atomic mass is 16.2. The predicted octanol–water partition coefficient (Wildman–Crippen LogP) is 4.73. The molecule has 1 aliphatic rings. The smallest absolute Gasteiger partial charge is 0.226 e. The molecule has 0 spiro atoms. The Bertz CT molecular complexity index is 858. The summed E-state index contributed by atoms with van der Waals surface area (Å²) in [5, 5.41) is 6.11. The number of nitrogens with zero attached hydrogens (tertiary/aromatic N) is 1. The van der Waals surface area contributed by atoms with Crippen LogP contribution in [0.4, 0.5) is 5.69 Å². The number of anilines is 1. The second-order valence-electron chi connectivity index (χ2n) is 8.84. The first-order valence-electron chi connectivity index (χ1n) is 11.4. The minimum atomic E-state index is -0.0240. The molecule has 166 valence electrons. The zero-order valence-corrected chi connectivity index (χ0v) is 18.9. The quantitative estimate of drug-likeness (QED) is 0.648. The van der Waals surface area contributed by atoms with Crippen LogP contribution in [0.25, 0.3) is 0 Å². The zero-order chi connectivity index (χ0) is 22.2. The molecule has 1 aliphatic heterocycles. The Morgan fingerprint density at radius 2 is 1.74 bits per heavy atom. The SMILES string of the molecule is CC(=O)N[C@@H](CCN1CCC(c2cccc(NC(=O)C(C)C)c2)CC1)c1ccccc1. The standard InChI is InChI=1S/C26H35N3O2/c1-19(2)26(31)28-24-11-7-10-23(18-24)21-12-15-29(16-13-21)17-14-25(27-20(3)30)22-8-5-4-6-9-22/h4-11,18-19,21,25H,12-17H2,1-3H3,(H,27,30)(H,28,31)/t25-/m0/s1. The first-order chi connectivity index (χ1) is 14.9. The highest BCUT2D eigenvalue weighted by Gasteiger charge is 2.22. The number of hydrogen-bond donors (Lipinski definition) is 2. The molecule has 0 aliphatic carbocycles. The van der Waals surface area contributed by atoms with Crippen molar-refractivity contribution in [2.45, 2.75) is 52.0 Å². The summed E-state index contributed by atoms with van der Waals surface area (Å²) in [4.78, 5) is 26.2. The average molecular weight is 422 g/mol. The summed E-state index contributed by atoms with van der Waals surface area (Å²) in [7, 11) is 0. The van der Waals surface area contributed by atoms with Gasteiger partial charge in [0.1, 0.15) is 0 Å². The highest BCUT2D eigenvalue weighted by molar-refractivity contribution is 5.92. The Kier molecular flexibility index (Phi) is 8.24. The van der Waals surface area contributed by atoms with E-state index < -0.39 is 0 Å². The van der Waals surface area contributed by atoms with Gasteiger partial charge in [0.25, 0.3) is 0 Å². The third-order valence-corrected chi connectivity index (χ3v) is 6.05. The zero-order valence-electron chi connectivity index (χ0n) is 18.9. The lowest BCUT2D eigenvalue weighted by Gasteiger charge is -2.33. The van der Waals surface area contributed by atoms with Crippen molar-refractivity contribution in [2.75, 3.05) is 25.0 Å². The number of amides is 2. The lowest BCUT2D eigenvalue weighted by atomic mass is 9.89. The molecule has 2 N–H and O–H groups in total. The van der Waals surface area contributed by atoms with Crippen LogP contribution in [0.3, 0.4) is 0 Å². The van der Waals surface area contributed by atoms with Crippen LogP contribution in [0.2, 0.25) is 0 Å². The van der Waals surface area contributed by atoms with Crippen molar-refractivity contribution in [3.8, 4) is 0 Å². The van der Waals surface area contributed by atoms with E-state index in [1.807, 2.05) is 44.2 Å². The Morgan fingerprint density at radius 3 is 2.39 bits per heavy atom. The number of hydrogen-bond acceptors (Lipinski definition) is 3. The molecule has 2 amide bonds. The van der Waals surface area contributed by atoms with E-state index in [0.29, 0.717) is 5.92 Å². The van der Waals surface area contributed by atoms with Crippen molar-refractivity contribution in [1.82, 2.24) is 10.2 Å². The summed E-state index contributed by atoms with van der Waals surface area (Å²) in [6.07, 6.45) is 3.13. The van der Waals surface area contributed by atoms with Gasteiger partial charge in [0.2, 0.25) is 11.8 Å². The molecule has 0 bridgehead atoms. The van der Waals surface area contributed by atoms with Gasteiger partial charge in [-0.15, -0.1) is 0 Å². The van der Waals surface area contributed by atoms with E-state index in [-0.39, 0.29) is 23.8 Å². The van der Waals surface area contributed by atoms with E-state index in [0.717, 1.165) is 50.1 Å². The molecular weight excluding hydrogens is 386 g/mol. The van der Waals surface area contributed by atoms with Gasteiger partial charge in [-0.25, -0.2) is 0 Å². The third-order valence-electron chi connectivity index (χ3n) is 6.05. The van der Waals surface area contributed by atoms with Gasteiger partial charge in [-0.1, -0.05) is 56.3 Å². The number of rotatable bonds is 8. The van der Waals surface area contributed by atoms with Crippen LogP contribution in [0, 0.1) is 5.92 Å². The van der Waals surface area contributed by atoms with Crippen LogP contribution >= 0.6 is 0 Å². The van der Waals surface area contributed by atoms with Crippen LogP contribution in [-0.4, -0.2) is 36.3 Å². The summed E-state index contributed by atoms with van der Waals surface area (Å²) in [5.41, 5.74) is 3.36. The summed E-state index contributed by atoms with van der Waals surface area (Å²) in [6.45, 7) is 8.46. The maximum absolute atomic E-state index is 12.0. The monoisotopic (exact) mass is 421 g/mol. The molecule has 0 unspecified atom stereocenters. The van der Waals surface area contributed by atoms with Gasteiger partial charge in [-0.2, -0.15) is 0 Å². The van der Waals surface area contributed by atoms with Crippen LogP contribution in [0.1, 0.15) is 63.1 Å². The average Bonchev–Trinajstić information content (AvgIpc) is 2.77. The van der Waals surface area contributed by atoms with Gasteiger partial charge < -0.3 is 15.5 Å². The van der Waals surface area contributed by atoms with Crippen molar-refractivity contribution < 1.29 is 9.59 Å². The number of likely N-dealkylation sites (tertiary alicyclic amines) is 1. The van der Waals surface area contributed by atoms with Gasteiger partial charge >= 0.3 is 0 Å². The molecule has 1 saturated heterocycles. The van der Waals surface area contributed by atoms with E-state index in [9.17, 15) is 9.59 Å². The van der Waals surface area contributed by atoms with Gasteiger partial charge in [0.15, 0.2) is 0 Å². The van der Waals surface area contributed by atoms with E-state index in [4.69, 9.17) is 0 Å². The number of carbonyl (C=O) groups is 2. The third kappa shape index (κ3) is 6.93. The maximum Gasteiger partial charge on any atom is 0.226 e. The molecule has 5 heteroatoms. The fourth-order valence-corrected chi connectivity index (χ4v) is 4.21. The van der Waals surface area contributed by atoms with Crippen LogP contribution < -0.4 is 10.6 Å². The van der Waals surface area contributed by atoms with Crippen LogP contribution in [-0.2, 0) is 9.59 Å². The molecule has 0 radical (unpaired) electrons. The van der Waals surface area contributed by atoms with Gasteiger partial charge in [0, 0.05) is 25.1 Å². The molecule has 0 aromatic heterocycles. The van der Waals surface area contributed by atoms with Crippen LogP contribution in [0.5, 0.6) is 0 Å². The van der Waals surface area contributed by atoms with Crippen molar-refractivity contribution in [3.63, 3.8) is 0 Å². The lowest BCUT2D eigenvalue weighted by Crippen LogP contribution is -2.36. The molecule has 2 aromatic carbocycles. The summed E-state index contributed by atoms with van der Waals surface area (Å²) < 4.78 is 0. The fraction of sp³-hybridized carbons (Fsp3) is 0.462. The second kappa shape index (κ2) is 11.1. The van der Waals surface area contributed by atoms with E-state index in [1.54, 1.807) is 6.92 Å². The minimum absolute atomic E-state index is 0.0111. The molecule has 0 saturated carbocycles. The van der Waals surface area contributed by atoms with Crippen molar-refractivity contribution >= 4 is 17.5 Å². The first kappa shape index (κ1) is 23.0. The summed E-state index contributed by atoms with van der Waals surface area (Å²) >= 11 is 0. The van der Waals surface area contributed by atoms with Crippen molar-refractivity contribution in [3.05, 3.63) is 65.7 Å². The van der Waals surface area contributed by atoms with E-state index >= 15 is 0 Å². The van der Waals surface area contributed by atoms with Crippen molar-refractivity contribution in [2.24, 2.45) is 5.92 Å². The first-order valence-corrected chi connectivity index (χ1v) is 11.4. The minimum Gasteiger partial charge on any atom is -0.349 e. The highest BCUT2D eigenvalue weighted by Crippen LogP contribution is 2.30. The van der Waals surface area contributed by atoms with Gasteiger partial charge in [-0.05, 0) is 61.5 Å². The van der Waals surface area contributed by atoms with Crippen molar-refractivity contribution in [1.29, 1.82) is 0 Å². The molecular formula is C26H35N3O2. The molecule has 1 atom stereocenters. The normalized spacial score (nSPS) is 16.1. The predicted molar refractivity (Wildman–Crippen MR) is 126 cm³/mol. The molecule has 2 aromatic rings. The molecule has 1 fully saturated rings. The van der Waals surface area contributed by atoms with Gasteiger partial charge in [-0.3, -0.25) is 9.59 Å². The van der Waals surface area contributed by atoms with E-state index in [1.165, 1.54) is 5.56 Å². The Hall–Kier alpha value is -2.66. The Morgan fingerprint density at radius 1 is 1.03 bits per heavy atom. The maximum atomic E-state index is 12.0. The number of piperidine rings is 1. The second-order valence-corrected chi connectivity index (χ2v) is 8.84. The molecule has 31 heavy (non-hydrogen) atoms. The summed E-state index contributed by atoms with van der Waals surface area (Å²) in [5.74, 6) is 0.563. The topological polar surface area (TPSA) is 61.4 Å². The van der Waals surface area contributed by atoms with E-state index in [2.05, 4.69) is 39.8 Å². The number of nitrogens with one attached hydrogen (secondary N) is 2. The number of benzene rings is 2. The summed E-state index contributed by atoms with van der Waals surface area (Å²) in [6, 6.07) is 18.6. The molecule has 1 heterocycles. The lowest BCUT2D eigenvalue weighted by molar-refractivity contribution is -0.120. The van der Waals surface area contributed by atoms with Crippen LogP contribution in [0.15, 0.2) is 54.6 Å².